The zero-order valence-electron chi connectivity index (χ0n) is 9.54. The van der Waals surface area contributed by atoms with Crippen LogP contribution >= 0.6 is 0 Å². The van der Waals surface area contributed by atoms with E-state index in [2.05, 4.69) is 5.32 Å². The fraction of sp³-hybridized carbons (Fsp3) is 0.417. The Labute approximate surface area is 98.4 Å². The average molecular weight is 240 g/mol. The summed E-state index contributed by atoms with van der Waals surface area (Å²) in [7, 11) is 1.69. The van der Waals surface area contributed by atoms with Gasteiger partial charge >= 0.3 is 0 Å². The van der Waals surface area contributed by atoms with Crippen molar-refractivity contribution < 1.29 is 13.6 Å². The van der Waals surface area contributed by atoms with Gasteiger partial charge in [-0.25, -0.2) is 8.78 Å². The summed E-state index contributed by atoms with van der Waals surface area (Å²) in [4.78, 5) is 13.4. The summed E-state index contributed by atoms with van der Waals surface area (Å²) in [5, 5.41) is 3.05. The number of carbonyl (C=O) groups excluding carboxylic acids is 1. The van der Waals surface area contributed by atoms with E-state index in [0.29, 0.717) is 0 Å². The van der Waals surface area contributed by atoms with Gasteiger partial charge < -0.3 is 10.2 Å². The summed E-state index contributed by atoms with van der Waals surface area (Å²) in [6, 6.07) is 4.05. The Morgan fingerprint density at radius 2 is 2.18 bits per heavy atom. The van der Waals surface area contributed by atoms with Crippen LogP contribution in [0.25, 0.3) is 0 Å². The van der Waals surface area contributed by atoms with Gasteiger partial charge in [-0.3, -0.25) is 4.79 Å². The predicted octanol–water partition coefficient (Wildman–Crippen LogP) is 0.938. The molecule has 0 atom stereocenters. The Morgan fingerprint density at radius 3 is 2.76 bits per heavy atom. The SMILES string of the molecule is CN(C(=O)Cc1cccc(F)c1F)C1CNC1. The molecule has 0 aliphatic carbocycles. The van der Waals surface area contributed by atoms with E-state index in [9.17, 15) is 13.6 Å². The minimum absolute atomic E-state index is 0.101. The highest BCUT2D eigenvalue weighted by Gasteiger charge is 2.25. The fourth-order valence-electron chi connectivity index (χ4n) is 1.72. The topological polar surface area (TPSA) is 32.3 Å². The zero-order chi connectivity index (χ0) is 12.4. The summed E-state index contributed by atoms with van der Waals surface area (Å²) in [6.07, 6.45) is -0.101. The Balaban J connectivity index is 2.04. The highest BCUT2D eigenvalue weighted by molar-refractivity contribution is 5.79. The molecule has 0 aromatic heterocycles. The van der Waals surface area contributed by atoms with Crippen molar-refractivity contribution in [3.8, 4) is 0 Å². The first-order valence-corrected chi connectivity index (χ1v) is 5.49. The molecule has 0 spiro atoms. The first-order chi connectivity index (χ1) is 8.09. The van der Waals surface area contributed by atoms with Crippen LogP contribution in [0.5, 0.6) is 0 Å². The van der Waals surface area contributed by atoms with Gasteiger partial charge in [-0.2, -0.15) is 0 Å². The van der Waals surface area contributed by atoms with E-state index < -0.39 is 11.6 Å². The van der Waals surface area contributed by atoms with Gasteiger partial charge in [0.15, 0.2) is 11.6 Å². The molecule has 0 bridgehead atoms. The van der Waals surface area contributed by atoms with Crippen molar-refractivity contribution in [2.45, 2.75) is 12.5 Å². The van der Waals surface area contributed by atoms with E-state index in [1.807, 2.05) is 0 Å². The Bertz CT molecular complexity index is 433. The normalized spacial score (nSPS) is 15.5. The Hall–Kier alpha value is -1.49. The Morgan fingerprint density at radius 1 is 1.47 bits per heavy atom. The third-order valence-electron chi connectivity index (χ3n) is 3.07. The van der Waals surface area contributed by atoms with Crippen LogP contribution in [0.15, 0.2) is 18.2 Å². The van der Waals surface area contributed by atoms with Gasteiger partial charge in [-0.05, 0) is 6.07 Å². The first kappa shape index (κ1) is 12.0. The van der Waals surface area contributed by atoms with Crippen LogP contribution in [0.2, 0.25) is 0 Å². The minimum Gasteiger partial charge on any atom is -0.340 e. The lowest BCUT2D eigenvalue weighted by Crippen LogP contribution is -2.57. The number of amides is 1. The van der Waals surface area contributed by atoms with Gasteiger partial charge in [0.1, 0.15) is 0 Å². The van der Waals surface area contributed by atoms with Crippen LogP contribution in [-0.4, -0.2) is 37.0 Å². The molecule has 0 unspecified atom stereocenters. The molecule has 1 saturated heterocycles. The molecular weight excluding hydrogens is 226 g/mol. The molecule has 92 valence electrons. The monoisotopic (exact) mass is 240 g/mol. The third kappa shape index (κ3) is 2.44. The van der Waals surface area contributed by atoms with Gasteiger partial charge in [0, 0.05) is 25.7 Å². The highest BCUT2D eigenvalue weighted by atomic mass is 19.2. The van der Waals surface area contributed by atoms with Crippen molar-refractivity contribution in [2.75, 3.05) is 20.1 Å². The van der Waals surface area contributed by atoms with Gasteiger partial charge in [-0.1, -0.05) is 12.1 Å². The van der Waals surface area contributed by atoms with E-state index in [0.717, 1.165) is 19.2 Å². The number of benzene rings is 1. The standard InChI is InChI=1S/C12H14F2N2O/c1-16(9-6-15-7-9)11(17)5-8-3-2-4-10(13)12(8)14/h2-4,9,15H,5-7H2,1H3. The molecule has 2 rings (SSSR count). The number of carbonyl (C=O) groups is 1. The van der Waals surface area contributed by atoms with E-state index in [1.54, 1.807) is 11.9 Å². The lowest BCUT2D eigenvalue weighted by Gasteiger charge is -2.35. The number of likely N-dealkylation sites (N-methyl/N-ethyl adjacent to an activating group) is 1. The van der Waals surface area contributed by atoms with Crippen molar-refractivity contribution in [3.63, 3.8) is 0 Å². The quantitative estimate of drug-likeness (QED) is 0.852. The van der Waals surface area contributed by atoms with Crippen LogP contribution < -0.4 is 5.32 Å². The summed E-state index contributed by atoms with van der Waals surface area (Å²) >= 11 is 0. The minimum atomic E-state index is -0.930. The number of hydrogen-bond donors (Lipinski definition) is 1. The molecule has 1 aliphatic rings. The maximum Gasteiger partial charge on any atom is 0.227 e. The molecule has 1 fully saturated rings. The summed E-state index contributed by atoms with van der Waals surface area (Å²) < 4.78 is 26.3. The summed E-state index contributed by atoms with van der Waals surface area (Å²) in [6.45, 7) is 1.52. The molecular formula is C12H14F2N2O. The van der Waals surface area contributed by atoms with E-state index in [4.69, 9.17) is 0 Å². The number of nitrogens with one attached hydrogen (secondary N) is 1. The van der Waals surface area contributed by atoms with Gasteiger partial charge in [0.2, 0.25) is 5.91 Å². The van der Waals surface area contributed by atoms with Crippen LogP contribution in [0, 0.1) is 11.6 Å². The molecule has 1 amide bonds. The smallest absolute Gasteiger partial charge is 0.227 e. The first-order valence-electron chi connectivity index (χ1n) is 5.49. The molecule has 5 heteroatoms. The molecule has 1 N–H and O–H groups in total. The lowest BCUT2D eigenvalue weighted by atomic mass is 10.1. The van der Waals surface area contributed by atoms with Crippen molar-refractivity contribution >= 4 is 5.91 Å². The van der Waals surface area contributed by atoms with Crippen molar-refractivity contribution in [3.05, 3.63) is 35.4 Å². The number of rotatable bonds is 3. The Kier molecular flexibility index (Phi) is 3.38. The fourth-order valence-corrected chi connectivity index (χ4v) is 1.72. The van der Waals surface area contributed by atoms with Gasteiger partial charge in [0.25, 0.3) is 0 Å². The van der Waals surface area contributed by atoms with Crippen LogP contribution in [0.3, 0.4) is 0 Å². The molecule has 0 saturated carbocycles. The third-order valence-corrected chi connectivity index (χ3v) is 3.07. The summed E-state index contributed by atoms with van der Waals surface area (Å²) in [5.74, 6) is -2.04. The van der Waals surface area contributed by atoms with Gasteiger partial charge in [-0.15, -0.1) is 0 Å². The van der Waals surface area contributed by atoms with Crippen LogP contribution in [-0.2, 0) is 11.2 Å². The second-order valence-electron chi connectivity index (χ2n) is 4.21. The lowest BCUT2D eigenvalue weighted by molar-refractivity contribution is -0.132. The molecule has 1 aromatic rings. The largest absolute Gasteiger partial charge is 0.340 e. The second kappa shape index (κ2) is 4.79. The van der Waals surface area contributed by atoms with E-state index in [-0.39, 0.29) is 23.9 Å². The average Bonchev–Trinajstić information content (AvgIpc) is 2.22. The van der Waals surface area contributed by atoms with Crippen molar-refractivity contribution in [2.24, 2.45) is 0 Å². The molecule has 1 aliphatic heterocycles. The number of hydrogen-bond acceptors (Lipinski definition) is 2. The van der Waals surface area contributed by atoms with E-state index >= 15 is 0 Å². The zero-order valence-corrected chi connectivity index (χ0v) is 9.54. The number of nitrogens with zero attached hydrogens (tertiary/aromatic N) is 1. The van der Waals surface area contributed by atoms with Crippen LogP contribution in [0.1, 0.15) is 5.56 Å². The maximum atomic E-state index is 13.4. The maximum absolute atomic E-state index is 13.4. The highest BCUT2D eigenvalue weighted by Crippen LogP contribution is 2.13. The second-order valence-corrected chi connectivity index (χ2v) is 4.21. The van der Waals surface area contributed by atoms with E-state index in [1.165, 1.54) is 12.1 Å². The predicted molar refractivity (Wildman–Crippen MR) is 59.5 cm³/mol. The van der Waals surface area contributed by atoms with Gasteiger partial charge in [0.05, 0.1) is 12.5 Å². The molecule has 1 aromatic carbocycles. The molecule has 17 heavy (non-hydrogen) atoms. The summed E-state index contributed by atoms with van der Waals surface area (Å²) in [5.41, 5.74) is 0.106. The molecule has 0 radical (unpaired) electrons. The molecule has 3 nitrogen and oxygen atoms in total. The number of halogens is 2. The van der Waals surface area contributed by atoms with Crippen LogP contribution in [0.4, 0.5) is 8.78 Å². The van der Waals surface area contributed by atoms with Crippen molar-refractivity contribution in [1.29, 1.82) is 0 Å². The van der Waals surface area contributed by atoms with Crippen molar-refractivity contribution in [1.82, 2.24) is 10.2 Å². The molecule has 1 heterocycles.